The van der Waals surface area contributed by atoms with Crippen LogP contribution in [0.2, 0.25) is 5.02 Å². The summed E-state index contributed by atoms with van der Waals surface area (Å²) in [7, 11) is 1.13. The largest absolute Gasteiger partial charge is 0.468 e. The van der Waals surface area contributed by atoms with Crippen LogP contribution in [0.25, 0.3) is 0 Å². The molecule has 0 aromatic carbocycles. The number of methoxy groups -OCH3 is 1. The standard InChI is InChI=1S/C14H15ClF3NO3/c1-3-4-8(7-20)11(13(21)22-2)12-10(15)5-9(6-19-12)14(16,17)18/h5-8,11H,3-4H2,1-2H3. The Hall–Kier alpha value is -1.63. The third kappa shape index (κ3) is 4.19. The molecule has 0 N–H and O–H groups in total. The van der Waals surface area contributed by atoms with E-state index in [1.165, 1.54) is 0 Å². The van der Waals surface area contributed by atoms with E-state index < -0.39 is 29.5 Å². The second-order valence-electron chi connectivity index (χ2n) is 4.68. The van der Waals surface area contributed by atoms with Gasteiger partial charge in [-0.2, -0.15) is 13.2 Å². The van der Waals surface area contributed by atoms with Gasteiger partial charge in [0.2, 0.25) is 0 Å². The van der Waals surface area contributed by atoms with E-state index in [2.05, 4.69) is 9.72 Å². The van der Waals surface area contributed by atoms with Crippen molar-refractivity contribution >= 4 is 23.9 Å². The van der Waals surface area contributed by atoms with Gasteiger partial charge in [-0.3, -0.25) is 9.78 Å². The lowest BCUT2D eigenvalue weighted by molar-refractivity contribution is -0.145. The van der Waals surface area contributed by atoms with Crippen molar-refractivity contribution < 1.29 is 27.5 Å². The van der Waals surface area contributed by atoms with Crippen molar-refractivity contribution in [2.24, 2.45) is 5.92 Å². The average Bonchev–Trinajstić information content (AvgIpc) is 2.46. The molecule has 0 aliphatic heterocycles. The summed E-state index contributed by atoms with van der Waals surface area (Å²) in [6.07, 6.45) is -2.47. The highest BCUT2D eigenvalue weighted by Crippen LogP contribution is 2.36. The minimum Gasteiger partial charge on any atom is -0.468 e. The first-order valence-electron chi connectivity index (χ1n) is 6.52. The van der Waals surface area contributed by atoms with Crippen molar-refractivity contribution in [3.63, 3.8) is 0 Å². The Labute approximate surface area is 130 Å². The molecule has 0 radical (unpaired) electrons. The molecule has 0 saturated carbocycles. The number of aldehydes is 1. The number of pyridine rings is 1. The van der Waals surface area contributed by atoms with E-state index in [0.717, 1.165) is 7.11 Å². The molecule has 8 heteroatoms. The van der Waals surface area contributed by atoms with Crippen LogP contribution in [-0.2, 0) is 20.5 Å². The SMILES string of the molecule is CCCC(C=O)C(C(=O)OC)c1ncc(C(F)(F)F)cc1Cl. The molecule has 2 unspecified atom stereocenters. The smallest absolute Gasteiger partial charge is 0.417 e. The molecule has 1 heterocycles. The first kappa shape index (κ1) is 18.4. The van der Waals surface area contributed by atoms with Crippen LogP contribution in [0.15, 0.2) is 12.3 Å². The molecule has 0 aliphatic rings. The van der Waals surface area contributed by atoms with Crippen LogP contribution < -0.4 is 0 Å². The third-order valence-electron chi connectivity index (χ3n) is 3.17. The van der Waals surface area contributed by atoms with E-state index in [4.69, 9.17) is 11.6 Å². The summed E-state index contributed by atoms with van der Waals surface area (Å²) in [6, 6.07) is 0.688. The van der Waals surface area contributed by atoms with Gasteiger partial charge in [0.05, 0.1) is 23.4 Å². The van der Waals surface area contributed by atoms with Crippen LogP contribution in [0.5, 0.6) is 0 Å². The van der Waals surface area contributed by atoms with E-state index in [-0.39, 0.29) is 10.7 Å². The monoisotopic (exact) mass is 337 g/mol. The van der Waals surface area contributed by atoms with Gasteiger partial charge in [0, 0.05) is 12.1 Å². The summed E-state index contributed by atoms with van der Waals surface area (Å²) >= 11 is 5.85. The number of halogens is 4. The van der Waals surface area contributed by atoms with Gasteiger partial charge in [-0.05, 0) is 12.5 Å². The molecular weight excluding hydrogens is 323 g/mol. The second-order valence-corrected chi connectivity index (χ2v) is 5.09. The second kappa shape index (κ2) is 7.58. The van der Waals surface area contributed by atoms with Gasteiger partial charge in [0.1, 0.15) is 12.2 Å². The fourth-order valence-electron chi connectivity index (χ4n) is 2.10. The molecule has 0 aliphatic carbocycles. The summed E-state index contributed by atoms with van der Waals surface area (Å²) in [6.45, 7) is 1.81. The predicted octanol–water partition coefficient (Wildman–Crippen LogP) is 3.63. The Bertz CT molecular complexity index is 549. The van der Waals surface area contributed by atoms with Crippen LogP contribution in [0.4, 0.5) is 13.2 Å². The van der Waals surface area contributed by atoms with Gasteiger partial charge >= 0.3 is 12.1 Å². The number of hydrogen-bond acceptors (Lipinski definition) is 4. The van der Waals surface area contributed by atoms with Crippen LogP contribution in [0.3, 0.4) is 0 Å². The van der Waals surface area contributed by atoms with Gasteiger partial charge in [0.25, 0.3) is 0 Å². The van der Waals surface area contributed by atoms with Crippen LogP contribution in [-0.4, -0.2) is 24.3 Å². The number of alkyl halides is 3. The zero-order valence-electron chi connectivity index (χ0n) is 12.0. The van der Waals surface area contributed by atoms with E-state index >= 15 is 0 Å². The fraction of sp³-hybridized carbons (Fsp3) is 0.500. The Balaban J connectivity index is 3.31. The molecule has 0 fully saturated rings. The van der Waals surface area contributed by atoms with Gasteiger partial charge in [-0.25, -0.2) is 0 Å². The third-order valence-corrected chi connectivity index (χ3v) is 3.47. The highest BCUT2D eigenvalue weighted by Gasteiger charge is 2.36. The molecule has 1 aromatic rings. The summed E-state index contributed by atoms with van der Waals surface area (Å²) in [4.78, 5) is 26.8. The Morgan fingerprint density at radius 1 is 1.50 bits per heavy atom. The van der Waals surface area contributed by atoms with Crippen LogP contribution in [0, 0.1) is 5.92 Å². The minimum atomic E-state index is -4.59. The van der Waals surface area contributed by atoms with Gasteiger partial charge in [-0.15, -0.1) is 0 Å². The lowest BCUT2D eigenvalue weighted by Gasteiger charge is -2.21. The van der Waals surface area contributed by atoms with E-state index in [9.17, 15) is 22.8 Å². The molecule has 122 valence electrons. The first-order valence-corrected chi connectivity index (χ1v) is 6.89. The van der Waals surface area contributed by atoms with Crippen LogP contribution in [0.1, 0.15) is 36.9 Å². The molecule has 0 spiro atoms. The summed E-state index contributed by atoms with van der Waals surface area (Å²) in [5, 5.41) is -0.326. The molecular formula is C14H15ClF3NO3. The number of carbonyl (C=O) groups is 2. The van der Waals surface area contributed by atoms with Crippen molar-refractivity contribution in [1.29, 1.82) is 0 Å². The maximum atomic E-state index is 12.6. The highest BCUT2D eigenvalue weighted by molar-refractivity contribution is 6.31. The molecule has 22 heavy (non-hydrogen) atoms. The number of ether oxygens (including phenoxy) is 1. The van der Waals surface area contributed by atoms with E-state index in [1.807, 2.05) is 6.92 Å². The van der Waals surface area contributed by atoms with Crippen molar-refractivity contribution in [1.82, 2.24) is 4.98 Å². The van der Waals surface area contributed by atoms with E-state index in [0.29, 0.717) is 31.4 Å². The first-order chi connectivity index (χ1) is 10.3. The molecule has 1 rings (SSSR count). The topological polar surface area (TPSA) is 56.3 Å². The fourth-order valence-corrected chi connectivity index (χ4v) is 2.38. The molecule has 0 saturated heterocycles. The molecule has 0 amide bonds. The average molecular weight is 338 g/mol. The number of hydrogen-bond donors (Lipinski definition) is 0. The van der Waals surface area contributed by atoms with Crippen molar-refractivity contribution in [2.45, 2.75) is 31.9 Å². The van der Waals surface area contributed by atoms with Gasteiger partial charge in [0.15, 0.2) is 0 Å². The summed E-state index contributed by atoms with van der Waals surface area (Å²) in [5.74, 6) is -2.66. The number of aromatic nitrogens is 1. The number of carbonyl (C=O) groups excluding carboxylic acids is 2. The van der Waals surface area contributed by atoms with Gasteiger partial charge in [-0.1, -0.05) is 24.9 Å². The van der Waals surface area contributed by atoms with Gasteiger partial charge < -0.3 is 9.53 Å². The normalized spacial score (nSPS) is 14.3. The molecule has 1 aromatic heterocycles. The van der Waals surface area contributed by atoms with Crippen molar-refractivity contribution in [3.8, 4) is 0 Å². The minimum absolute atomic E-state index is 0.0907. The number of rotatable bonds is 6. The zero-order chi connectivity index (χ0) is 16.9. The summed E-state index contributed by atoms with van der Waals surface area (Å²) < 4.78 is 42.5. The highest BCUT2D eigenvalue weighted by atomic mass is 35.5. The molecule has 4 nitrogen and oxygen atoms in total. The van der Waals surface area contributed by atoms with E-state index in [1.54, 1.807) is 0 Å². The molecule has 2 atom stereocenters. The summed E-state index contributed by atoms with van der Waals surface area (Å²) in [5.41, 5.74) is -1.12. The zero-order valence-corrected chi connectivity index (χ0v) is 12.7. The van der Waals surface area contributed by atoms with Crippen molar-refractivity contribution in [3.05, 3.63) is 28.5 Å². The number of nitrogens with zero attached hydrogens (tertiary/aromatic N) is 1. The van der Waals surface area contributed by atoms with Crippen LogP contribution >= 0.6 is 11.6 Å². The quantitative estimate of drug-likeness (QED) is 0.587. The maximum Gasteiger partial charge on any atom is 0.417 e. The lowest BCUT2D eigenvalue weighted by Crippen LogP contribution is -2.26. The van der Waals surface area contributed by atoms with Crippen molar-refractivity contribution in [2.75, 3.05) is 7.11 Å². The predicted molar refractivity (Wildman–Crippen MR) is 73.5 cm³/mol. The Morgan fingerprint density at radius 3 is 2.55 bits per heavy atom. The molecule has 0 bridgehead atoms. The Kier molecular flexibility index (Phi) is 6.34. The maximum absolute atomic E-state index is 12.6. The Morgan fingerprint density at radius 2 is 2.14 bits per heavy atom. The number of esters is 1. The lowest BCUT2D eigenvalue weighted by atomic mass is 9.86.